The summed E-state index contributed by atoms with van der Waals surface area (Å²) in [7, 11) is 0. The van der Waals surface area contributed by atoms with Gasteiger partial charge in [0, 0.05) is 18.8 Å². The Labute approximate surface area is 99.1 Å². The van der Waals surface area contributed by atoms with Gasteiger partial charge in [0.15, 0.2) is 0 Å². The third-order valence-electron chi connectivity index (χ3n) is 2.51. The molecular formula is C15H21N. The largest absolute Gasteiger partial charge is 0.368 e. The van der Waals surface area contributed by atoms with Crippen molar-refractivity contribution in [1.29, 1.82) is 0 Å². The molecule has 1 heteroatoms. The van der Waals surface area contributed by atoms with Gasteiger partial charge < -0.3 is 4.90 Å². The Morgan fingerprint density at radius 1 is 1.12 bits per heavy atom. The highest BCUT2D eigenvalue weighted by atomic mass is 15.1. The second-order valence-electron chi connectivity index (χ2n) is 3.38. The Morgan fingerprint density at radius 2 is 1.81 bits per heavy atom. The normalized spacial score (nSPS) is 13.9. The minimum absolute atomic E-state index is 1.03. The number of rotatable bonds is 2. The first-order valence-electron chi connectivity index (χ1n) is 6.09. The van der Waals surface area contributed by atoms with Crippen LogP contribution in [0.2, 0.25) is 0 Å². The summed E-state index contributed by atoms with van der Waals surface area (Å²) < 4.78 is 0. The second kappa shape index (κ2) is 6.89. The highest BCUT2D eigenvalue weighted by molar-refractivity contribution is 5.66. The lowest BCUT2D eigenvalue weighted by atomic mass is 10.1. The maximum atomic E-state index is 2.37. The van der Waals surface area contributed by atoms with Crippen LogP contribution in [0.15, 0.2) is 48.6 Å². The minimum Gasteiger partial charge on any atom is -0.368 e. The van der Waals surface area contributed by atoms with Crippen molar-refractivity contribution in [2.24, 2.45) is 0 Å². The molecule has 0 radical (unpaired) electrons. The molecule has 1 aromatic carbocycles. The summed E-state index contributed by atoms with van der Waals surface area (Å²) in [5.41, 5.74) is 2.63. The van der Waals surface area contributed by atoms with Gasteiger partial charge in [0.25, 0.3) is 0 Å². The molecule has 0 aliphatic carbocycles. The molecule has 0 spiro atoms. The molecule has 1 aliphatic rings. The molecule has 0 N–H and O–H groups in total. The van der Waals surface area contributed by atoms with Crippen molar-refractivity contribution in [1.82, 2.24) is 4.90 Å². The first kappa shape index (κ1) is 12.6. The number of hydrogen-bond donors (Lipinski definition) is 0. The molecule has 0 aromatic heterocycles. The summed E-state index contributed by atoms with van der Waals surface area (Å²) in [6.45, 7) is 8.28. The molecule has 1 nitrogen and oxygen atoms in total. The maximum Gasteiger partial charge on any atom is 0.0442 e. The molecule has 0 unspecified atom stereocenters. The fourth-order valence-electron chi connectivity index (χ4n) is 1.74. The molecular weight excluding hydrogens is 194 g/mol. The van der Waals surface area contributed by atoms with Crippen LogP contribution in [0.3, 0.4) is 0 Å². The van der Waals surface area contributed by atoms with Gasteiger partial charge in [-0.05, 0) is 18.6 Å². The molecule has 16 heavy (non-hydrogen) atoms. The van der Waals surface area contributed by atoms with Crippen molar-refractivity contribution in [3.8, 4) is 0 Å². The molecule has 2 rings (SSSR count). The number of benzene rings is 1. The standard InChI is InChI=1S/C13H15N.C2H6/c1-2-14-11-7-6-10-13(14)12-8-4-3-5-9-12;1-2/h3-10H,2,11H2,1H3;1-2H3. The van der Waals surface area contributed by atoms with E-state index in [1.54, 1.807) is 0 Å². The van der Waals surface area contributed by atoms with Crippen LogP contribution >= 0.6 is 0 Å². The first-order chi connectivity index (χ1) is 7.92. The Bertz CT molecular complexity index is 349. The average Bonchev–Trinajstić information content (AvgIpc) is 2.42. The van der Waals surface area contributed by atoms with Crippen molar-refractivity contribution in [3.63, 3.8) is 0 Å². The quantitative estimate of drug-likeness (QED) is 0.722. The number of hydrogen-bond acceptors (Lipinski definition) is 1. The van der Waals surface area contributed by atoms with Crippen molar-refractivity contribution >= 4 is 5.70 Å². The predicted octanol–water partition coefficient (Wildman–Crippen LogP) is 3.95. The van der Waals surface area contributed by atoms with E-state index in [-0.39, 0.29) is 0 Å². The molecule has 1 aromatic rings. The number of nitrogens with zero attached hydrogens (tertiary/aromatic N) is 1. The van der Waals surface area contributed by atoms with Gasteiger partial charge in [0.1, 0.15) is 0 Å². The van der Waals surface area contributed by atoms with Crippen LogP contribution in [0, 0.1) is 0 Å². The second-order valence-corrected chi connectivity index (χ2v) is 3.38. The molecule has 1 aliphatic heterocycles. The van der Waals surface area contributed by atoms with E-state index in [0.29, 0.717) is 0 Å². The first-order valence-corrected chi connectivity index (χ1v) is 6.09. The number of allylic oxidation sites excluding steroid dienone is 2. The highest BCUT2D eigenvalue weighted by Gasteiger charge is 2.09. The van der Waals surface area contributed by atoms with Crippen LogP contribution in [0.1, 0.15) is 26.3 Å². The molecule has 0 amide bonds. The van der Waals surface area contributed by atoms with Crippen molar-refractivity contribution < 1.29 is 0 Å². The molecule has 0 saturated heterocycles. The van der Waals surface area contributed by atoms with Gasteiger partial charge in [-0.25, -0.2) is 0 Å². The van der Waals surface area contributed by atoms with E-state index in [2.05, 4.69) is 60.4 Å². The van der Waals surface area contributed by atoms with Gasteiger partial charge in [-0.15, -0.1) is 0 Å². The summed E-state index contributed by atoms with van der Waals surface area (Å²) in [5.74, 6) is 0. The summed E-state index contributed by atoms with van der Waals surface area (Å²) in [5, 5.41) is 0. The van der Waals surface area contributed by atoms with Crippen LogP contribution in [-0.4, -0.2) is 18.0 Å². The molecule has 86 valence electrons. The zero-order chi connectivity index (χ0) is 11.8. The van der Waals surface area contributed by atoms with E-state index in [1.807, 2.05) is 13.8 Å². The monoisotopic (exact) mass is 215 g/mol. The van der Waals surface area contributed by atoms with Gasteiger partial charge in [-0.1, -0.05) is 56.3 Å². The van der Waals surface area contributed by atoms with E-state index in [1.165, 1.54) is 11.3 Å². The van der Waals surface area contributed by atoms with Crippen LogP contribution in [-0.2, 0) is 0 Å². The van der Waals surface area contributed by atoms with Crippen LogP contribution < -0.4 is 0 Å². The van der Waals surface area contributed by atoms with E-state index in [0.717, 1.165) is 13.1 Å². The third kappa shape index (κ3) is 2.99. The van der Waals surface area contributed by atoms with Gasteiger partial charge in [0.2, 0.25) is 0 Å². The molecule has 0 fully saturated rings. The molecule has 1 heterocycles. The zero-order valence-corrected chi connectivity index (χ0v) is 10.5. The molecule has 0 bridgehead atoms. The van der Waals surface area contributed by atoms with E-state index >= 15 is 0 Å². The fourth-order valence-corrected chi connectivity index (χ4v) is 1.74. The Morgan fingerprint density at radius 3 is 2.44 bits per heavy atom. The Hall–Kier alpha value is -1.50. The Balaban J connectivity index is 0.000000606. The van der Waals surface area contributed by atoms with Crippen molar-refractivity contribution in [2.75, 3.05) is 13.1 Å². The zero-order valence-electron chi connectivity index (χ0n) is 10.5. The van der Waals surface area contributed by atoms with Crippen LogP contribution in [0.25, 0.3) is 5.70 Å². The van der Waals surface area contributed by atoms with Crippen LogP contribution in [0.4, 0.5) is 0 Å². The van der Waals surface area contributed by atoms with Gasteiger partial charge in [0.05, 0.1) is 0 Å². The highest BCUT2D eigenvalue weighted by Crippen LogP contribution is 2.21. The lowest BCUT2D eigenvalue weighted by Gasteiger charge is -2.27. The minimum atomic E-state index is 1.03. The predicted molar refractivity (Wildman–Crippen MR) is 72.2 cm³/mol. The van der Waals surface area contributed by atoms with E-state index in [4.69, 9.17) is 0 Å². The summed E-state index contributed by atoms with van der Waals surface area (Å²) in [6, 6.07) is 10.5. The fraction of sp³-hybridized carbons (Fsp3) is 0.333. The third-order valence-corrected chi connectivity index (χ3v) is 2.51. The van der Waals surface area contributed by atoms with Gasteiger partial charge >= 0.3 is 0 Å². The van der Waals surface area contributed by atoms with E-state index in [9.17, 15) is 0 Å². The summed E-state index contributed by atoms with van der Waals surface area (Å²) in [4.78, 5) is 2.37. The van der Waals surface area contributed by atoms with E-state index < -0.39 is 0 Å². The topological polar surface area (TPSA) is 3.24 Å². The summed E-state index contributed by atoms with van der Waals surface area (Å²) >= 11 is 0. The SMILES string of the molecule is CC.CCN1CC=CC=C1c1ccccc1. The number of likely N-dealkylation sites (N-methyl/N-ethyl adjacent to an activating group) is 1. The average molecular weight is 215 g/mol. The van der Waals surface area contributed by atoms with Crippen molar-refractivity contribution in [2.45, 2.75) is 20.8 Å². The summed E-state index contributed by atoms with van der Waals surface area (Å²) in [6.07, 6.45) is 6.51. The van der Waals surface area contributed by atoms with Gasteiger partial charge in [-0.3, -0.25) is 0 Å². The molecule has 0 atom stereocenters. The lowest BCUT2D eigenvalue weighted by Crippen LogP contribution is -2.23. The smallest absolute Gasteiger partial charge is 0.0442 e. The van der Waals surface area contributed by atoms with Crippen molar-refractivity contribution in [3.05, 3.63) is 54.1 Å². The maximum absolute atomic E-state index is 2.37. The molecule has 0 saturated carbocycles. The Kier molecular flexibility index (Phi) is 5.41. The van der Waals surface area contributed by atoms with Gasteiger partial charge in [-0.2, -0.15) is 0 Å². The lowest BCUT2D eigenvalue weighted by molar-refractivity contribution is 0.460. The van der Waals surface area contributed by atoms with Crippen LogP contribution in [0.5, 0.6) is 0 Å².